The van der Waals surface area contributed by atoms with Gasteiger partial charge in [-0.15, -0.1) is 0 Å². The first kappa shape index (κ1) is 17.7. The Kier molecular flexibility index (Phi) is 6.27. The molecule has 0 bridgehead atoms. The molecule has 2 aliphatic heterocycles. The topological polar surface area (TPSA) is 26.8 Å². The third-order valence-electron chi connectivity index (χ3n) is 5.13. The third-order valence-corrected chi connectivity index (χ3v) is 5.13. The highest BCUT2D eigenvalue weighted by molar-refractivity contribution is 5.78. The monoisotopic (exact) mass is 309 g/mol. The quantitative estimate of drug-likeness (QED) is 0.798. The summed E-state index contributed by atoms with van der Waals surface area (Å²) in [4.78, 5) is 19.5. The zero-order valence-electron chi connectivity index (χ0n) is 15.1. The summed E-state index contributed by atoms with van der Waals surface area (Å²) in [6.45, 7) is 16.2. The van der Waals surface area contributed by atoms with Gasteiger partial charge in [0.2, 0.25) is 5.91 Å². The summed E-state index contributed by atoms with van der Waals surface area (Å²) in [5.74, 6) is 0.343. The van der Waals surface area contributed by atoms with E-state index in [1.807, 2.05) is 0 Å². The standard InChI is InChI=1S/C18H35N3O/c1-16-7-5-6-9-21(16)17(22)15-20-13-11-19(12-14-20)10-8-18(2,3)4/h16H,5-15H2,1-4H3. The van der Waals surface area contributed by atoms with Crippen LogP contribution in [0.25, 0.3) is 0 Å². The van der Waals surface area contributed by atoms with Crippen LogP contribution in [0.2, 0.25) is 0 Å². The van der Waals surface area contributed by atoms with Gasteiger partial charge in [-0.3, -0.25) is 9.69 Å². The number of amides is 1. The molecule has 2 saturated heterocycles. The number of likely N-dealkylation sites (tertiary alicyclic amines) is 1. The molecular weight excluding hydrogens is 274 g/mol. The number of carbonyl (C=O) groups is 1. The van der Waals surface area contributed by atoms with Gasteiger partial charge in [0.1, 0.15) is 0 Å². The van der Waals surface area contributed by atoms with Crippen LogP contribution < -0.4 is 0 Å². The minimum atomic E-state index is 0.343. The van der Waals surface area contributed by atoms with Gasteiger partial charge in [0.05, 0.1) is 6.54 Å². The van der Waals surface area contributed by atoms with Gasteiger partial charge in [0.15, 0.2) is 0 Å². The maximum atomic E-state index is 12.5. The maximum Gasteiger partial charge on any atom is 0.236 e. The number of hydrogen-bond donors (Lipinski definition) is 0. The average molecular weight is 309 g/mol. The Morgan fingerprint density at radius 3 is 2.23 bits per heavy atom. The maximum absolute atomic E-state index is 12.5. The fraction of sp³-hybridized carbons (Fsp3) is 0.944. The van der Waals surface area contributed by atoms with Gasteiger partial charge in [0, 0.05) is 38.8 Å². The van der Waals surface area contributed by atoms with Crippen LogP contribution in [0.1, 0.15) is 53.4 Å². The molecule has 2 heterocycles. The molecule has 4 heteroatoms. The Labute approximate surface area is 136 Å². The highest BCUT2D eigenvalue weighted by atomic mass is 16.2. The van der Waals surface area contributed by atoms with Crippen LogP contribution in [0.5, 0.6) is 0 Å². The smallest absolute Gasteiger partial charge is 0.236 e. The first-order valence-corrected chi connectivity index (χ1v) is 9.09. The van der Waals surface area contributed by atoms with Crippen molar-refractivity contribution in [3.8, 4) is 0 Å². The van der Waals surface area contributed by atoms with E-state index in [0.29, 0.717) is 23.9 Å². The number of piperazine rings is 1. The van der Waals surface area contributed by atoms with Crippen molar-refractivity contribution in [3.05, 3.63) is 0 Å². The van der Waals surface area contributed by atoms with Crippen molar-refractivity contribution in [2.75, 3.05) is 45.8 Å². The molecule has 2 aliphatic rings. The molecule has 2 rings (SSSR count). The summed E-state index contributed by atoms with van der Waals surface area (Å²) in [6.07, 6.45) is 4.87. The van der Waals surface area contributed by atoms with Crippen molar-refractivity contribution >= 4 is 5.91 Å². The van der Waals surface area contributed by atoms with E-state index in [1.54, 1.807) is 0 Å². The van der Waals surface area contributed by atoms with Crippen LogP contribution in [-0.4, -0.2) is 72.5 Å². The number of carbonyl (C=O) groups excluding carboxylic acids is 1. The lowest BCUT2D eigenvalue weighted by atomic mass is 9.92. The molecule has 1 amide bonds. The Balaban J connectivity index is 1.69. The first-order chi connectivity index (χ1) is 10.3. The lowest BCUT2D eigenvalue weighted by Crippen LogP contribution is -2.52. The van der Waals surface area contributed by atoms with Crippen LogP contribution in [0.15, 0.2) is 0 Å². The lowest BCUT2D eigenvalue weighted by Gasteiger charge is -2.38. The molecular formula is C18H35N3O. The van der Waals surface area contributed by atoms with Crippen LogP contribution in [0.3, 0.4) is 0 Å². The fourth-order valence-electron chi connectivity index (χ4n) is 3.42. The molecule has 22 heavy (non-hydrogen) atoms. The van der Waals surface area contributed by atoms with Crippen LogP contribution in [0.4, 0.5) is 0 Å². The normalized spacial score (nSPS) is 25.5. The molecule has 0 aromatic carbocycles. The predicted octanol–water partition coefficient (Wildman–Crippen LogP) is 2.44. The minimum Gasteiger partial charge on any atom is -0.339 e. The Hall–Kier alpha value is -0.610. The molecule has 0 aromatic rings. The van der Waals surface area contributed by atoms with Crippen LogP contribution in [0, 0.1) is 5.41 Å². The van der Waals surface area contributed by atoms with E-state index in [4.69, 9.17) is 0 Å². The van der Waals surface area contributed by atoms with E-state index >= 15 is 0 Å². The highest BCUT2D eigenvalue weighted by Crippen LogP contribution is 2.20. The largest absolute Gasteiger partial charge is 0.339 e. The Morgan fingerprint density at radius 2 is 1.64 bits per heavy atom. The zero-order chi connectivity index (χ0) is 16.2. The molecule has 4 nitrogen and oxygen atoms in total. The van der Waals surface area contributed by atoms with Gasteiger partial charge in [-0.1, -0.05) is 20.8 Å². The van der Waals surface area contributed by atoms with E-state index < -0.39 is 0 Å². The number of hydrogen-bond acceptors (Lipinski definition) is 3. The van der Waals surface area contributed by atoms with E-state index in [1.165, 1.54) is 32.2 Å². The van der Waals surface area contributed by atoms with Gasteiger partial charge in [-0.05, 0) is 44.6 Å². The van der Waals surface area contributed by atoms with Gasteiger partial charge >= 0.3 is 0 Å². The summed E-state index contributed by atoms with van der Waals surface area (Å²) in [5, 5.41) is 0. The van der Waals surface area contributed by atoms with Crippen molar-refractivity contribution in [1.29, 1.82) is 0 Å². The van der Waals surface area contributed by atoms with Crippen molar-refractivity contribution in [2.45, 2.75) is 59.4 Å². The minimum absolute atomic E-state index is 0.343. The molecule has 0 spiro atoms. The molecule has 0 aliphatic carbocycles. The molecule has 0 aromatic heterocycles. The van der Waals surface area contributed by atoms with Crippen molar-refractivity contribution in [3.63, 3.8) is 0 Å². The van der Waals surface area contributed by atoms with E-state index in [-0.39, 0.29) is 0 Å². The Bertz CT molecular complexity index is 356. The summed E-state index contributed by atoms with van der Waals surface area (Å²) in [6, 6.07) is 0.439. The molecule has 0 radical (unpaired) electrons. The molecule has 128 valence electrons. The summed E-state index contributed by atoms with van der Waals surface area (Å²) < 4.78 is 0. The molecule has 0 N–H and O–H groups in total. The van der Waals surface area contributed by atoms with E-state index in [9.17, 15) is 4.79 Å². The van der Waals surface area contributed by atoms with Crippen molar-refractivity contribution in [1.82, 2.24) is 14.7 Å². The second-order valence-corrected chi connectivity index (χ2v) is 8.36. The molecule has 0 saturated carbocycles. The molecule has 2 fully saturated rings. The van der Waals surface area contributed by atoms with Gasteiger partial charge in [0.25, 0.3) is 0 Å². The van der Waals surface area contributed by atoms with Gasteiger partial charge in [-0.25, -0.2) is 0 Å². The van der Waals surface area contributed by atoms with Crippen molar-refractivity contribution < 1.29 is 4.79 Å². The summed E-state index contributed by atoms with van der Waals surface area (Å²) >= 11 is 0. The number of nitrogens with zero attached hydrogens (tertiary/aromatic N) is 3. The van der Waals surface area contributed by atoms with Crippen molar-refractivity contribution in [2.24, 2.45) is 5.41 Å². The van der Waals surface area contributed by atoms with Gasteiger partial charge in [-0.2, -0.15) is 0 Å². The second-order valence-electron chi connectivity index (χ2n) is 8.36. The molecule has 1 unspecified atom stereocenters. The summed E-state index contributed by atoms with van der Waals surface area (Å²) in [5.41, 5.74) is 0.414. The van der Waals surface area contributed by atoms with E-state index in [2.05, 4.69) is 42.4 Å². The zero-order valence-corrected chi connectivity index (χ0v) is 15.1. The van der Waals surface area contributed by atoms with Gasteiger partial charge < -0.3 is 9.80 Å². The van der Waals surface area contributed by atoms with E-state index in [0.717, 1.165) is 32.7 Å². The predicted molar refractivity (Wildman–Crippen MR) is 92.0 cm³/mol. The third kappa shape index (κ3) is 5.54. The van der Waals surface area contributed by atoms with Crippen LogP contribution in [-0.2, 0) is 4.79 Å². The summed E-state index contributed by atoms with van der Waals surface area (Å²) in [7, 11) is 0. The SMILES string of the molecule is CC1CCCCN1C(=O)CN1CCN(CCC(C)(C)C)CC1. The average Bonchev–Trinajstić information content (AvgIpc) is 2.46. The molecule has 1 atom stereocenters. The number of rotatable bonds is 4. The first-order valence-electron chi connectivity index (χ1n) is 9.09. The Morgan fingerprint density at radius 1 is 1.00 bits per heavy atom. The fourth-order valence-corrected chi connectivity index (χ4v) is 3.42. The number of piperidine rings is 1. The highest BCUT2D eigenvalue weighted by Gasteiger charge is 2.26. The second kappa shape index (κ2) is 7.78. The lowest BCUT2D eigenvalue weighted by molar-refractivity contribution is -0.136. The van der Waals surface area contributed by atoms with Crippen LogP contribution >= 0.6 is 0 Å².